The zero-order chi connectivity index (χ0) is 10.2. The van der Waals surface area contributed by atoms with Crippen LogP contribution in [-0.4, -0.2) is 12.8 Å². The number of quaternary nitrogens is 1. The molecule has 1 aromatic carbocycles. The largest absolute Gasteiger partial charge is 0.343 e. The van der Waals surface area contributed by atoms with Gasteiger partial charge in [0, 0.05) is 10.5 Å². The van der Waals surface area contributed by atoms with Gasteiger partial charge in [0.2, 0.25) is 0 Å². The summed E-state index contributed by atoms with van der Waals surface area (Å²) in [6.45, 7) is 4.61. The number of rotatable bonds is 6. The monoisotopic (exact) mass is 210 g/mol. The molecule has 0 aliphatic heterocycles. The van der Waals surface area contributed by atoms with Crippen molar-refractivity contribution in [1.29, 1.82) is 0 Å². The Kier molecular flexibility index (Phi) is 5.72. The van der Waals surface area contributed by atoms with Crippen molar-refractivity contribution in [2.75, 3.05) is 12.8 Å². The Balaban J connectivity index is 2.29. The van der Waals surface area contributed by atoms with Crippen molar-refractivity contribution in [3.8, 4) is 0 Å². The average molecular weight is 210 g/mol. The smallest absolute Gasteiger partial charge is 0.101 e. The van der Waals surface area contributed by atoms with Gasteiger partial charge in [0.25, 0.3) is 0 Å². The molecule has 0 aliphatic carbocycles. The first-order chi connectivity index (χ1) is 6.86. The van der Waals surface area contributed by atoms with Crippen LogP contribution < -0.4 is 5.32 Å². The van der Waals surface area contributed by atoms with Gasteiger partial charge in [-0.25, -0.2) is 0 Å². The van der Waals surface area contributed by atoms with E-state index < -0.39 is 0 Å². The summed E-state index contributed by atoms with van der Waals surface area (Å²) < 4.78 is 0. The van der Waals surface area contributed by atoms with Crippen molar-refractivity contribution in [2.24, 2.45) is 0 Å². The van der Waals surface area contributed by atoms with E-state index in [0.717, 1.165) is 6.54 Å². The second-order valence-corrected chi connectivity index (χ2v) is 4.36. The molecule has 78 valence electrons. The first-order valence-corrected chi connectivity index (χ1v) is 6.54. The van der Waals surface area contributed by atoms with E-state index in [1.54, 1.807) is 11.8 Å². The van der Waals surface area contributed by atoms with Gasteiger partial charge in [0.05, 0.1) is 6.54 Å². The lowest BCUT2D eigenvalue weighted by molar-refractivity contribution is -0.670. The highest BCUT2D eigenvalue weighted by Gasteiger charge is 1.95. The second-order valence-electron chi connectivity index (χ2n) is 3.48. The number of hydrogen-bond donors (Lipinski definition) is 1. The number of hydrogen-bond acceptors (Lipinski definition) is 1. The summed E-state index contributed by atoms with van der Waals surface area (Å²) in [5.74, 6) is 0. The summed E-state index contributed by atoms with van der Waals surface area (Å²) in [5.41, 5.74) is 1.43. The summed E-state index contributed by atoms with van der Waals surface area (Å²) >= 11 is 1.80. The molecule has 2 heteroatoms. The van der Waals surface area contributed by atoms with Crippen LogP contribution in [0.25, 0.3) is 0 Å². The highest BCUT2D eigenvalue weighted by Crippen LogP contribution is 2.14. The Bertz CT molecular complexity index is 243. The van der Waals surface area contributed by atoms with Gasteiger partial charge >= 0.3 is 0 Å². The van der Waals surface area contributed by atoms with Crippen LogP contribution in [0.5, 0.6) is 0 Å². The van der Waals surface area contributed by atoms with E-state index in [1.807, 2.05) is 0 Å². The summed E-state index contributed by atoms with van der Waals surface area (Å²) in [5, 5.41) is 2.39. The summed E-state index contributed by atoms with van der Waals surface area (Å²) in [6.07, 6.45) is 4.73. The molecule has 0 radical (unpaired) electrons. The highest BCUT2D eigenvalue weighted by atomic mass is 32.2. The molecule has 0 atom stereocenters. The van der Waals surface area contributed by atoms with Gasteiger partial charge in [-0.1, -0.05) is 25.5 Å². The molecule has 0 aliphatic rings. The van der Waals surface area contributed by atoms with Gasteiger partial charge in [-0.2, -0.15) is 0 Å². The summed E-state index contributed by atoms with van der Waals surface area (Å²) in [7, 11) is 0. The van der Waals surface area contributed by atoms with Crippen LogP contribution in [-0.2, 0) is 6.54 Å². The lowest BCUT2D eigenvalue weighted by atomic mass is 10.2. The first kappa shape index (κ1) is 11.6. The molecule has 0 bridgehead atoms. The molecule has 1 aromatic rings. The topological polar surface area (TPSA) is 16.6 Å². The van der Waals surface area contributed by atoms with Crippen molar-refractivity contribution >= 4 is 11.8 Å². The minimum absolute atomic E-state index is 1.12. The van der Waals surface area contributed by atoms with Gasteiger partial charge < -0.3 is 5.32 Å². The number of benzene rings is 1. The third-order valence-corrected chi connectivity index (χ3v) is 3.04. The van der Waals surface area contributed by atoms with Crippen molar-refractivity contribution in [3.63, 3.8) is 0 Å². The van der Waals surface area contributed by atoms with Crippen LogP contribution in [0.4, 0.5) is 0 Å². The van der Waals surface area contributed by atoms with Crippen molar-refractivity contribution in [2.45, 2.75) is 31.2 Å². The number of nitrogens with two attached hydrogens (primary N) is 1. The lowest BCUT2D eigenvalue weighted by Crippen LogP contribution is -2.82. The van der Waals surface area contributed by atoms with Gasteiger partial charge in [0.1, 0.15) is 6.54 Å². The maximum atomic E-state index is 2.39. The normalized spacial score (nSPS) is 10.4. The van der Waals surface area contributed by atoms with Crippen LogP contribution in [0, 0.1) is 0 Å². The van der Waals surface area contributed by atoms with Crippen molar-refractivity contribution in [1.82, 2.24) is 0 Å². The third-order valence-electron chi connectivity index (χ3n) is 2.30. The van der Waals surface area contributed by atoms with Crippen LogP contribution in [0.1, 0.15) is 25.3 Å². The van der Waals surface area contributed by atoms with E-state index in [4.69, 9.17) is 0 Å². The van der Waals surface area contributed by atoms with E-state index in [0.29, 0.717) is 0 Å². The fourth-order valence-electron chi connectivity index (χ4n) is 1.38. The van der Waals surface area contributed by atoms with E-state index in [2.05, 4.69) is 42.8 Å². The Morgan fingerprint density at radius 3 is 2.50 bits per heavy atom. The molecular formula is C12H20NS+. The standard InChI is InChI=1S/C12H19NS/c1-3-4-9-13-10-11-5-7-12(14-2)8-6-11/h5-8,13H,3-4,9-10H2,1-2H3/p+1. The molecule has 0 fully saturated rings. The first-order valence-electron chi connectivity index (χ1n) is 5.31. The number of thioether (sulfide) groups is 1. The zero-order valence-electron chi connectivity index (χ0n) is 9.12. The molecule has 0 unspecified atom stereocenters. The molecule has 1 nitrogen and oxygen atoms in total. The van der Waals surface area contributed by atoms with Crippen molar-refractivity contribution < 1.29 is 5.32 Å². The van der Waals surface area contributed by atoms with E-state index in [9.17, 15) is 0 Å². The molecule has 0 aromatic heterocycles. The molecule has 0 saturated carbocycles. The number of unbranched alkanes of at least 4 members (excludes halogenated alkanes) is 1. The van der Waals surface area contributed by atoms with Crippen LogP contribution >= 0.6 is 11.8 Å². The maximum absolute atomic E-state index is 2.39. The van der Waals surface area contributed by atoms with Gasteiger partial charge in [-0.3, -0.25) is 0 Å². The van der Waals surface area contributed by atoms with E-state index >= 15 is 0 Å². The van der Waals surface area contributed by atoms with E-state index in [1.165, 1.54) is 29.8 Å². The van der Waals surface area contributed by atoms with Crippen molar-refractivity contribution in [3.05, 3.63) is 29.8 Å². The molecule has 0 spiro atoms. The Morgan fingerprint density at radius 2 is 1.93 bits per heavy atom. The Hall–Kier alpha value is -0.470. The Morgan fingerprint density at radius 1 is 1.21 bits per heavy atom. The van der Waals surface area contributed by atoms with Crippen LogP contribution in [0.15, 0.2) is 29.2 Å². The maximum Gasteiger partial charge on any atom is 0.101 e. The third kappa shape index (κ3) is 4.16. The molecular weight excluding hydrogens is 190 g/mol. The molecule has 14 heavy (non-hydrogen) atoms. The summed E-state index contributed by atoms with van der Waals surface area (Å²) in [6, 6.07) is 8.86. The minimum atomic E-state index is 1.12. The predicted molar refractivity (Wildman–Crippen MR) is 63.6 cm³/mol. The molecule has 0 saturated heterocycles. The summed E-state index contributed by atoms with van der Waals surface area (Å²) in [4.78, 5) is 1.35. The average Bonchev–Trinajstić information content (AvgIpc) is 2.25. The van der Waals surface area contributed by atoms with Gasteiger partial charge in [0.15, 0.2) is 0 Å². The lowest BCUT2D eigenvalue weighted by Gasteiger charge is -2.02. The minimum Gasteiger partial charge on any atom is -0.343 e. The molecule has 0 heterocycles. The SMILES string of the molecule is CCCC[NH2+]Cc1ccc(SC)cc1. The second kappa shape index (κ2) is 6.91. The quantitative estimate of drug-likeness (QED) is 0.563. The van der Waals surface area contributed by atoms with Gasteiger partial charge in [-0.15, -0.1) is 11.8 Å². The van der Waals surface area contributed by atoms with Crippen LogP contribution in [0.3, 0.4) is 0 Å². The molecule has 2 N–H and O–H groups in total. The fourth-order valence-corrected chi connectivity index (χ4v) is 1.79. The predicted octanol–water partition coefficient (Wildman–Crippen LogP) is 2.27. The zero-order valence-corrected chi connectivity index (χ0v) is 9.94. The van der Waals surface area contributed by atoms with Gasteiger partial charge in [-0.05, 0) is 24.8 Å². The fraction of sp³-hybridized carbons (Fsp3) is 0.500. The van der Waals surface area contributed by atoms with E-state index in [-0.39, 0.29) is 0 Å². The highest BCUT2D eigenvalue weighted by molar-refractivity contribution is 7.98. The molecule has 0 amide bonds. The molecule has 1 rings (SSSR count). The Labute approximate surface area is 91.3 Å². The van der Waals surface area contributed by atoms with Crippen LogP contribution in [0.2, 0.25) is 0 Å².